The molecule has 2 heterocycles. The van der Waals surface area contributed by atoms with Gasteiger partial charge in [-0.3, -0.25) is 9.00 Å². The minimum atomic E-state index is -0.797. The van der Waals surface area contributed by atoms with Crippen LogP contribution in [0.25, 0.3) is 0 Å². The molecule has 116 valence electrons. The first-order chi connectivity index (χ1) is 9.81. The van der Waals surface area contributed by atoms with Gasteiger partial charge in [0.1, 0.15) is 5.82 Å². The van der Waals surface area contributed by atoms with Gasteiger partial charge >= 0.3 is 0 Å². The Kier molecular flexibility index (Phi) is 4.63. The van der Waals surface area contributed by atoms with Gasteiger partial charge in [-0.05, 0) is 12.1 Å². The number of aromatic nitrogens is 1. The van der Waals surface area contributed by atoms with E-state index in [1.54, 1.807) is 11.0 Å². The van der Waals surface area contributed by atoms with Gasteiger partial charge in [-0.2, -0.15) is 0 Å². The van der Waals surface area contributed by atoms with Gasteiger partial charge in [0.15, 0.2) is 0 Å². The van der Waals surface area contributed by atoms with Crippen molar-refractivity contribution in [3.05, 3.63) is 23.4 Å². The van der Waals surface area contributed by atoms with Gasteiger partial charge < -0.3 is 10.3 Å². The van der Waals surface area contributed by atoms with Crippen LogP contribution in [-0.4, -0.2) is 44.6 Å². The molecular formula is C14H22N4O2S. The lowest BCUT2D eigenvalue weighted by atomic mass is 9.90. The van der Waals surface area contributed by atoms with Crippen molar-refractivity contribution in [3.63, 3.8) is 0 Å². The number of rotatable bonds is 2. The quantitative estimate of drug-likeness (QED) is 0.625. The number of hydrogen-bond donors (Lipinski definition) is 2. The largest absolute Gasteiger partial charge is 0.337 e. The molecule has 1 aromatic rings. The monoisotopic (exact) mass is 310 g/mol. The third-order valence-electron chi connectivity index (χ3n) is 3.45. The molecular weight excluding hydrogens is 288 g/mol. The smallest absolute Gasteiger partial charge is 0.254 e. The van der Waals surface area contributed by atoms with E-state index in [0.29, 0.717) is 36.0 Å². The van der Waals surface area contributed by atoms with E-state index in [2.05, 4.69) is 10.4 Å². The van der Waals surface area contributed by atoms with E-state index in [9.17, 15) is 9.00 Å². The van der Waals surface area contributed by atoms with E-state index >= 15 is 0 Å². The van der Waals surface area contributed by atoms with E-state index in [-0.39, 0.29) is 11.3 Å². The van der Waals surface area contributed by atoms with Gasteiger partial charge in [0.05, 0.1) is 0 Å². The molecule has 0 spiro atoms. The molecule has 1 amide bonds. The van der Waals surface area contributed by atoms with Crippen LogP contribution < -0.4 is 11.3 Å². The lowest BCUT2D eigenvalue weighted by Gasteiger charge is -2.27. The Morgan fingerprint density at radius 3 is 2.48 bits per heavy atom. The van der Waals surface area contributed by atoms with Crippen LogP contribution in [0.4, 0.5) is 5.82 Å². The summed E-state index contributed by atoms with van der Waals surface area (Å²) in [5.41, 5.74) is 3.71. The van der Waals surface area contributed by atoms with Crippen molar-refractivity contribution in [2.75, 3.05) is 30.0 Å². The number of carbonyl (C=O) groups is 1. The molecule has 0 aliphatic carbocycles. The minimum absolute atomic E-state index is 0.0592. The molecule has 1 fully saturated rings. The Balaban J connectivity index is 2.30. The van der Waals surface area contributed by atoms with E-state index in [1.807, 2.05) is 26.8 Å². The van der Waals surface area contributed by atoms with Crippen LogP contribution in [0.1, 0.15) is 36.8 Å². The van der Waals surface area contributed by atoms with Crippen molar-refractivity contribution in [1.29, 1.82) is 0 Å². The summed E-state index contributed by atoms with van der Waals surface area (Å²) in [6, 6.07) is 3.47. The maximum Gasteiger partial charge on any atom is 0.254 e. The van der Waals surface area contributed by atoms with Crippen LogP contribution in [0.5, 0.6) is 0 Å². The molecule has 2 rings (SSSR count). The van der Waals surface area contributed by atoms with E-state index < -0.39 is 10.8 Å². The van der Waals surface area contributed by atoms with Gasteiger partial charge in [0, 0.05) is 52.1 Å². The normalized spacial score (nSPS) is 16.9. The highest BCUT2D eigenvalue weighted by Gasteiger charge is 2.24. The standard InChI is InChI=1S/C14H22N4O2S/c1-14(2,3)11-8-10(9-12(16-11)17-15)13(19)18-4-6-21(20)7-5-18/h8-9H,4-7,15H2,1-3H3,(H,16,17). The Bertz CT molecular complexity index is 559. The Hall–Kier alpha value is -1.47. The summed E-state index contributed by atoms with van der Waals surface area (Å²) in [6.07, 6.45) is 0. The minimum Gasteiger partial charge on any atom is -0.337 e. The number of pyridine rings is 1. The first kappa shape index (κ1) is 15.9. The van der Waals surface area contributed by atoms with Gasteiger partial charge in [0.2, 0.25) is 0 Å². The summed E-state index contributed by atoms with van der Waals surface area (Å²) in [5, 5.41) is 0. The van der Waals surface area contributed by atoms with E-state index in [1.165, 1.54) is 0 Å². The molecule has 1 aliphatic rings. The van der Waals surface area contributed by atoms with Crippen LogP contribution >= 0.6 is 0 Å². The molecule has 0 bridgehead atoms. The number of hydrogen-bond acceptors (Lipinski definition) is 5. The summed E-state index contributed by atoms with van der Waals surface area (Å²) in [7, 11) is -0.797. The average Bonchev–Trinajstić information content (AvgIpc) is 2.46. The van der Waals surface area contributed by atoms with Crippen molar-refractivity contribution < 1.29 is 9.00 Å². The van der Waals surface area contributed by atoms with Crippen molar-refractivity contribution in [1.82, 2.24) is 9.88 Å². The SMILES string of the molecule is CC(C)(C)c1cc(C(=O)N2CCS(=O)CC2)cc(NN)n1. The number of nitrogen functional groups attached to an aromatic ring is 1. The number of nitrogens with one attached hydrogen (secondary N) is 1. The van der Waals surface area contributed by atoms with Crippen LogP contribution in [0.3, 0.4) is 0 Å². The van der Waals surface area contributed by atoms with Crippen molar-refractivity contribution in [2.24, 2.45) is 5.84 Å². The third-order valence-corrected chi connectivity index (χ3v) is 4.73. The zero-order valence-corrected chi connectivity index (χ0v) is 13.5. The summed E-state index contributed by atoms with van der Waals surface area (Å²) in [6.45, 7) is 7.17. The zero-order valence-electron chi connectivity index (χ0n) is 12.7. The van der Waals surface area contributed by atoms with Crippen LogP contribution in [0.2, 0.25) is 0 Å². The maximum atomic E-state index is 12.6. The predicted octanol–water partition coefficient (Wildman–Crippen LogP) is 0.869. The fourth-order valence-corrected chi connectivity index (χ4v) is 3.19. The van der Waals surface area contributed by atoms with E-state index in [0.717, 1.165) is 5.69 Å². The fourth-order valence-electron chi connectivity index (χ4n) is 2.14. The molecule has 0 radical (unpaired) electrons. The molecule has 1 aliphatic heterocycles. The number of anilines is 1. The number of carbonyl (C=O) groups excluding carboxylic acids is 1. The number of hydrazine groups is 1. The first-order valence-corrected chi connectivity index (χ1v) is 8.43. The molecule has 7 heteroatoms. The molecule has 0 unspecified atom stereocenters. The van der Waals surface area contributed by atoms with E-state index in [4.69, 9.17) is 5.84 Å². The second kappa shape index (κ2) is 6.11. The number of amides is 1. The summed E-state index contributed by atoms with van der Waals surface area (Å²) >= 11 is 0. The molecule has 21 heavy (non-hydrogen) atoms. The molecule has 0 aromatic carbocycles. The molecule has 3 N–H and O–H groups in total. The Morgan fingerprint density at radius 2 is 1.95 bits per heavy atom. The molecule has 0 saturated carbocycles. The predicted molar refractivity (Wildman–Crippen MR) is 84.5 cm³/mol. The van der Waals surface area contributed by atoms with Crippen molar-refractivity contribution in [3.8, 4) is 0 Å². The Morgan fingerprint density at radius 1 is 1.33 bits per heavy atom. The highest BCUT2D eigenvalue weighted by molar-refractivity contribution is 7.85. The van der Waals surface area contributed by atoms with Crippen LogP contribution in [0.15, 0.2) is 12.1 Å². The lowest BCUT2D eigenvalue weighted by molar-refractivity contribution is 0.0771. The van der Waals surface area contributed by atoms with Crippen LogP contribution in [-0.2, 0) is 16.2 Å². The number of nitrogens with zero attached hydrogens (tertiary/aromatic N) is 2. The second-order valence-electron chi connectivity index (χ2n) is 6.16. The first-order valence-electron chi connectivity index (χ1n) is 6.94. The van der Waals surface area contributed by atoms with Crippen molar-refractivity contribution in [2.45, 2.75) is 26.2 Å². The highest BCUT2D eigenvalue weighted by atomic mass is 32.2. The fraction of sp³-hybridized carbons (Fsp3) is 0.571. The molecule has 1 saturated heterocycles. The summed E-state index contributed by atoms with van der Waals surface area (Å²) < 4.78 is 11.4. The zero-order chi connectivity index (χ0) is 15.6. The molecule has 1 aromatic heterocycles. The second-order valence-corrected chi connectivity index (χ2v) is 7.86. The summed E-state index contributed by atoms with van der Waals surface area (Å²) in [5.74, 6) is 6.96. The van der Waals surface area contributed by atoms with Gasteiger partial charge in [-0.1, -0.05) is 20.8 Å². The highest BCUT2D eigenvalue weighted by Crippen LogP contribution is 2.24. The van der Waals surface area contributed by atoms with Gasteiger partial charge in [0.25, 0.3) is 5.91 Å². The number of nitrogens with two attached hydrogens (primary N) is 1. The lowest BCUT2D eigenvalue weighted by Crippen LogP contribution is -2.42. The maximum absolute atomic E-state index is 12.6. The molecule has 0 atom stereocenters. The third kappa shape index (κ3) is 3.79. The summed E-state index contributed by atoms with van der Waals surface area (Å²) in [4.78, 5) is 18.7. The average molecular weight is 310 g/mol. The van der Waals surface area contributed by atoms with Crippen LogP contribution in [0, 0.1) is 0 Å². The Labute approximate surface area is 127 Å². The van der Waals surface area contributed by atoms with Gasteiger partial charge in [-0.25, -0.2) is 10.8 Å². The topological polar surface area (TPSA) is 88.3 Å². The van der Waals surface area contributed by atoms with Crippen molar-refractivity contribution >= 4 is 22.5 Å². The molecule has 6 nitrogen and oxygen atoms in total. The van der Waals surface area contributed by atoms with Gasteiger partial charge in [-0.15, -0.1) is 0 Å².